The Morgan fingerprint density at radius 2 is 1.85 bits per heavy atom. The summed E-state index contributed by atoms with van der Waals surface area (Å²) in [5, 5.41) is 12.3. The Bertz CT molecular complexity index is 504. The molecule has 0 radical (unpaired) electrons. The van der Waals surface area contributed by atoms with Crippen LogP contribution in [-0.2, 0) is 6.54 Å². The summed E-state index contributed by atoms with van der Waals surface area (Å²) in [5.41, 5.74) is 1.97. The molecule has 0 aliphatic heterocycles. The molecule has 0 aliphatic rings. The van der Waals surface area contributed by atoms with Crippen LogP contribution in [0.5, 0.6) is 0 Å². The number of benzene rings is 1. The number of aromatic nitrogens is 3. The largest absolute Gasteiger partial charge is 0.309 e. The molecule has 2 rings (SSSR count). The van der Waals surface area contributed by atoms with Crippen molar-refractivity contribution < 1.29 is 0 Å². The molecule has 1 N–H and O–H groups in total. The van der Waals surface area contributed by atoms with Gasteiger partial charge in [0.2, 0.25) is 0 Å². The highest BCUT2D eigenvalue weighted by Crippen LogP contribution is 2.07. The van der Waals surface area contributed by atoms with E-state index in [9.17, 15) is 0 Å². The molecule has 0 fully saturated rings. The lowest BCUT2D eigenvalue weighted by Crippen LogP contribution is -2.26. The van der Waals surface area contributed by atoms with Gasteiger partial charge in [0.05, 0.1) is 17.6 Å². The molecule has 1 atom stereocenters. The molecule has 20 heavy (non-hydrogen) atoms. The Kier molecular flexibility index (Phi) is 5.30. The summed E-state index contributed by atoms with van der Waals surface area (Å²) in [6.07, 6.45) is 4.28. The van der Waals surface area contributed by atoms with E-state index < -0.39 is 0 Å². The maximum atomic E-state index is 4.49. The zero-order valence-electron chi connectivity index (χ0n) is 12.6. The van der Waals surface area contributed by atoms with E-state index in [0.29, 0.717) is 6.04 Å². The van der Waals surface area contributed by atoms with Gasteiger partial charge in [0.15, 0.2) is 0 Å². The van der Waals surface area contributed by atoms with Gasteiger partial charge in [0.25, 0.3) is 0 Å². The first-order chi connectivity index (χ1) is 9.65. The molecule has 4 heteroatoms. The van der Waals surface area contributed by atoms with E-state index in [1.807, 2.05) is 36.5 Å². The number of nitrogens with one attached hydrogen (secondary N) is 1. The highest BCUT2D eigenvalue weighted by molar-refractivity contribution is 5.28. The maximum Gasteiger partial charge on any atom is 0.0969 e. The lowest BCUT2D eigenvalue weighted by molar-refractivity contribution is 0.448. The molecule has 1 aromatic heterocycles. The van der Waals surface area contributed by atoms with Crippen LogP contribution in [0.4, 0.5) is 0 Å². The first-order valence-corrected chi connectivity index (χ1v) is 7.35. The predicted molar refractivity (Wildman–Crippen MR) is 81.7 cm³/mol. The average Bonchev–Trinajstić information content (AvgIpc) is 2.93. The van der Waals surface area contributed by atoms with Crippen LogP contribution in [0.15, 0.2) is 36.5 Å². The molecule has 0 amide bonds. The van der Waals surface area contributed by atoms with Crippen molar-refractivity contribution in [3.8, 4) is 5.69 Å². The van der Waals surface area contributed by atoms with Gasteiger partial charge in [-0.1, -0.05) is 32.0 Å². The fourth-order valence-electron chi connectivity index (χ4n) is 2.03. The van der Waals surface area contributed by atoms with Crippen LogP contribution in [0, 0.1) is 5.92 Å². The van der Waals surface area contributed by atoms with Crippen LogP contribution >= 0.6 is 0 Å². The average molecular weight is 272 g/mol. The van der Waals surface area contributed by atoms with E-state index in [-0.39, 0.29) is 0 Å². The monoisotopic (exact) mass is 272 g/mol. The molecular formula is C16H24N4. The molecule has 108 valence electrons. The Hall–Kier alpha value is -1.68. The van der Waals surface area contributed by atoms with E-state index in [1.54, 1.807) is 4.80 Å². The number of nitrogens with zero attached hydrogens (tertiary/aromatic N) is 3. The predicted octanol–water partition coefficient (Wildman–Crippen LogP) is 3.18. The second kappa shape index (κ2) is 7.20. The Morgan fingerprint density at radius 3 is 2.55 bits per heavy atom. The molecule has 4 nitrogen and oxygen atoms in total. The van der Waals surface area contributed by atoms with E-state index in [4.69, 9.17) is 0 Å². The lowest BCUT2D eigenvalue weighted by atomic mass is 10.0. The van der Waals surface area contributed by atoms with Crippen molar-refractivity contribution in [1.82, 2.24) is 20.3 Å². The van der Waals surface area contributed by atoms with Crippen molar-refractivity contribution >= 4 is 0 Å². The number of rotatable bonds is 7. The summed E-state index contributed by atoms with van der Waals surface area (Å²) in [5.74, 6) is 0.762. The third-order valence-corrected chi connectivity index (χ3v) is 3.34. The zero-order valence-corrected chi connectivity index (χ0v) is 12.6. The molecule has 2 aromatic rings. The smallest absolute Gasteiger partial charge is 0.0969 e. The molecule has 0 bridgehead atoms. The summed E-state index contributed by atoms with van der Waals surface area (Å²) >= 11 is 0. The minimum absolute atomic E-state index is 0.513. The Labute approximate surface area is 121 Å². The minimum atomic E-state index is 0.513. The van der Waals surface area contributed by atoms with Gasteiger partial charge in [-0.05, 0) is 37.8 Å². The van der Waals surface area contributed by atoms with E-state index in [0.717, 1.165) is 23.8 Å². The fourth-order valence-corrected chi connectivity index (χ4v) is 2.03. The number of hydrogen-bond acceptors (Lipinski definition) is 3. The van der Waals surface area contributed by atoms with Gasteiger partial charge < -0.3 is 5.32 Å². The van der Waals surface area contributed by atoms with Crippen LogP contribution in [-0.4, -0.2) is 21.0 Å². The quantitative estimate of drug-likeness (QED) is 0.841. The summed E-state index contributed by atoms with van der Waals surface area (Å²) in [7, 11) is 0. The fraction of sp³-hybridized carbons (Fsp3) is 0.500. The molecule has 1 unspecified atom stereocenters. The first-order valence-electron chi connectivity index (χ1n) is 7.35. The van der Waals surface area contributed by atoms with Gasteiger partial charge in [0, 0.05) is 12.6 Å². The van der Waals surface area contributed by atoms with Gasteiger partial charge in [-0.2, -0.15) is 15.0 Å². The third-order valence-electron chi connectivity index (χ3n) is 3.34. The van der Waals surface area contributed by atoms with Crippen LogP contribution in [0.2, 0.25) is 0 Å². The van der Waals surface area contributed by atoms with Gasteiger partial charge >= 0.3 is 0 Å². The Balaban J connectivity index is 1.84. The molecule has 1 heterocycles. The first kappa shape index (κ1) is 14.7. The summed E-state index contributed by atoms with van der Waals surface area (Å²) in [4.78, 5) is 1.68. The van der Waals surface area contributed by atoms with Crippen molar-refractivity contribution in [2.24, 2.45) is 5.92 Å². The van der Waals surface area contributed by atoms with Crippen molar-refractivity contribution in [1.29, 1.82) is 0 Å². The van der Waals surface area contributed by atoms with Crippen molar-refractivity contribution in [3.63, 3.8) is 0 Å². The SMILES string of the molecule is CC(C)CCC(C)NCc1cnn(-c2ccccc2)n1. The second-order valence-corrected chi connectivity index (χ2v) is 5.71. The zero-order chi connectivity index (χ0) is 14.4. The third kappa shape index (κ3) is 4.46. The van der Waals surface area contributed by atoms with Gasteiger partial charge in [-0.15, -0.1) is 0 Å². The summed E-state index contributed by atoms with van der Waals surface area (Å²) < 4.78 is 0. The van der Waals surface area contributed by atoms with E-state index in [2.05, 4.69) is 36.3 Å². The van der Waals surface area contributed by atoms with Crippen LogP contribution in [0.25, 0.3) is 5.69 Å². The van der Waals surface area contributed by atoms with Crippen LogP contribution in [0.1, 0.15) is 39.3 Å². The molecule has 0 aliphatic carbocycles. The van der Waals surface area contributed by atoms with Gasteiger partial charge in [-0.25, -0.2) is 0 Å². The minimum Gasteiger partial charge on any atom is -0.309 e. The number of para-hydroxylation sites is 1. The molecular weight excluding hydrogens is 248 g/mol. The molecule has 0 saturated carbocycles. The number of hydrogen-bond donors (Lipinski definition) is 1. The molecule has 0 saturated heterocycles. The van der Waals surface area contributed by atoms with Crippen LogP contribution in [0.3, 0.4) is 0 Å². The maximum absolute atomic E-state index is 4.49. The van der Waals surface area contributed by atoms with Gasteiger partial charge in [-0.3, -0.25) is 0 Å². The Morgan fingerprint density at radius 1 is 1.10 bits per heavy atom. The van der Waals surface area contributed by atoms with Crippen LogP contribution < -0.4 is 5.32 Å². The van der Waals surface area contributed by atoms with E-state index in [1.165, 1.54) is 12.8 Å². The highest BCUT2D eigenvalue weighted by Gasteiger charge is 2.06. The normalized spacial score (nSPS) is 12.8. The highest BCUT2D eigenvalue weighted by atomic mass is 15.5. The summed E-state index contributed by atoms with van der Waals surface area (Å²) in [6.45, 7) is 7.52. The van der Waals surface area contributed by atoms with Crippen molar-refractivity contribution in [2.75, 3.05) is 0 Å². The lowest BCUT2D eigenvalue weighted by Gasteiger charge is -2.13. The van der Waals surface area contributed by atoms with Crippen molar-refractivity contribution in [3.05, 3.63) is 42.2 Å². The second-order valence-electron chi connectivity index (χ2n) is 5.71. The van der Waals surface area contributed by atoms with Crippen molar-refractivity contribution in [2.45, 2.75) is 46.2 Å². The standard InChI is InChI=1S/C16H24N4/c1-13(2)9-10-14(3)17-11-15-12-18-20(19-15)16-7-5-4-6-8-16/h4-8,12-14,17H,9-11H2,1-3H3. The molecule has 1 aromatic carbocycles. The van der Waals surface area contributed by atoms with E-state index >= 15 is 0 Å². The summed E-state index contributed by atoms with van der Waals surface area (Å²) in [6, 6.07) is 10.5. The topological polar surface area (TPSA) is 42.7 Å². The molecule has 0 spiro atoms. The van der Waals surface area contributed by atoms with Gasteiger partial charge in [0.1, 0.15) is 0 Å².